The summed E-state index contributed by atoms with van der Waals surface area (Å²) in [4.78, 5) is 12.5. The first kappa shape index (κ1) is 14.7. The van der Waals surface area contributed by atoms with E-state index in [1.54, 1.807) is 30.5 Å². The second kappa shape index (κ2) is 7.78. The van der Waals surface area contributed by atoms with E-state index in [9.17, 15) is 4.79 Å². The van der Waals surface area contributed by atoms with Crippen LogP contribution < -0.4 is 10.6 Å². The second-order valence-electron chi connectivity index (χ2n) is 4.06. The summed E-state index contributed by atoms with van der Waals surface area (Å²) in [5, 5.41) is 15.9. The number of carbonyl (C=O) groups excluding carboxylic acids is 1. The fourth-order valence-electron chi connectivity index (χ4n) is 1.60. The van der Waals surface area contributed by atoms with Crippen LogP contribution in [0.5, 0.6) is 0 Å². The smallest absolute Gasteiger partial charge is 0.314 e. The maximum Gasteiger partial charge on any atom is 0.323 e. The van der Waals surface area contributed by atoms with Crippen LogP contribution in [0.1, 0.15) is 5.56 Å². The summed E-state index contributed by atoms with van der Waals surface area (Å²) in [5.41, 5.74) is 1.68. The molecule has 4 nitrogen and oxygen atoms in total. The van der Waals surface area contributed by atoms with Crippen LogP contribution >= 0.6 is 11.8 Å². The third-order valence-electron chi connectivity index (χ3n) is 2.57. The number of thioether (sulfide) groups is 1. The molecule has 0 spiro atoms. The Balaban J connectivity index is 1.84. The van der Waals surface area contributed by atoms with Crippen molar-refractivity contribution in [2.45, 2.75) is 4.90 Å². The van der Waals surface area contributed by atoms with Crippen LogP contribution in [0.3, 0.4) is 0 Å². The highest BCUT2D eigenvalue weighted by atomic mass is 32.2. The first-order chi connectivity index (χ1) is 10.3. The Bertz CT molecular complexity index is 660. The molecule has 0 saturated carbocycles. The number of hydrogen-bond acceptors (Lipinski definition) is 3. The van der Waals surface area contributed by atoms with Gasteiger partial charge in [0.25, 0.3) is 0 Å². The number of carbonyl (C=O) groups is 1. The minimum absolute atomic E-state index is 0.317. The molecule has 0 unspecified atom stereocenters. The van der Waals surface area contributed by atoms with Gasteiger partial charge < -0.3 is 10.6 Å². The molecule has 5 heteroatoms. The van der Waals surface area contributed by atoms with Crippen LogP contribution in [-0.2, 0) is 0 Å². The van der Waals surface area contributed by atoms with Gasteiger partial charge in [0.1, 0.15) is 5.40 Å². The highest BCUT2D eigenvalue weighted by molar-refractivity contribution is 8.03. The predicted molar refractivity (Wildman–Crippen MR) is 85.5 cm³/mol. The van der Waals surface area contributed by atoms with Crippen molar-refractivity contribution in [1.82, 2.24) is 5.32 Å². The Morgan fingerprint density at radius 3 is 2.48 bits per heavy atom. The number of urea groups is 1. The Morgan fingerprint density at radius 1 is 1.10 bits per heavy atom. The largest absolute Gasteiger partial charge is 0.323 e. The van der Waals surface area contributed by atoms with Crippen LogP contribution in [-0.4, -0.2) is 6.03 Å². The van der Waals surface area contributed by atoms with Crippen molar-refractivity contribution in [2.24, 2.45) is 0 Å². The molecule has 0 aliphatic rings. The normalized spacial score (nSPS) is 10.0. The topological polar surface area (TPSA) is 64.9 Å². The highest BCUT2D eigenvalue weighted by Crippen LogP contribution is 2.18. The van der Waals surface area contributed by atoms with Crippen LogP contribution in [0.4, 0.5) is 10.5 Å². The van der Waals surface area contributed by atoms with Crippen molar-refractivity contribution in [1.29, 1.82) is 5.26 Å². The van der Waals surface area contributed by atoms with E-state index in [0.29, 0.717) is 5.69 Å². The molecule has 21 heavy (non-hydrogen) atoms. The summed E-state index contributed by atoms with van der Waals surface area (Å²) in [6.07, 6.45) is 3.40. The van der Waals surface area contributed by atoms with Crippen LogP contribution in [0, 0.1) is 10.7 Å². The van der Waals surface area contributed by atoms with Crippen molar-refractivity contribution in [2.75, 3.05) is 5.32 Å². The molecule has 0 bridgehead atoms. The van der Waals surface area contributed by atoms with Crippen LogP contribution in [0.2, 0.25) is 0 Å². The lowest BCUT2D eigenvalue weighted by atomic mass is 10.2. The van der Waals surface area contributed by atoms with E-state index in [0.717, 1.165) is 22.2 Å². The highest BCUT2D eigenvalue weighted by Gasteiger charge is 1.99. The summed E-state index contributed by atoms with van der Waals surface area (Å²) in [6.45, 7) is 0. The summed E-state index contributed by atoms with van der Waals surface area (Å²) >= 11 is 1.08. The molecule has 0 heterocycles. The van der Waals surface area contributed by atoms with E-state index in [-0.39, 0.29) is 6.03 Å². The number of benzene rings is 2. The zero-order chi connectivity index (χ0) is 14.9. The van der Waals surface area contributed by atoms with Gasteiger partial charge in [0.15, 0.2) is 0 Å². The Kier molecular flexibility index (Phi) is 5.44. The number of amides is 2. The third kappa shape index (κ3) is 5.05. The maximum atomic E-state index is 11.7. The van der Waals surface area contributed by atoms with E-state index in [4.69, 9.17) is 5.26 Å². The zero-order valence-electron chi connectivity index (χ0n) is 11.1. The summed E-state index contributed by atoms with van der Waals surface area (Å²) in [6, 6.07) is 16.4. The Morgan fingerprint density at radius 2 is 1.81 bits per heavy atom. The van der Waals surface area contributed by atoms with Gasteiger partial charge in [0.2, 0.25) is 0 Å². The number of thiocyanates is 1. The number of anilines is 1. The lowest BCUT2D eigenvalue weighted by Gasteiger charge is -2.04. The minimum Gasteiger partial charge on any atom is -0.314 e. The van der Waals surface area contributed by atoms with E-state index in [1.165, 1.54) is 0 Å². The molecule has 2 rings (SSSR count). The van der Waals surface area contributed by atoms with Crippen molar-refractivity contribution in [3.63, 3.8) is 0 Å². The van der Waals surface area contributed by atoms with Gasteiger partial charge in [-0.15, -0.1) is 0 Å². The molecule has 0 aromatic heterocycles. The average molecular weight is 295 g/mol. The fraction of sp³-hybridized carbons (Fsp3) is 0. The lowest BCUT2D eigenvalue weighted by molar-refractivity contribution is 0.255. The molecule has 0 aliphatic carbocycles. The zero-order valence-corrected chi connectivity index (χ0v) is 11.9. The minimum atomic E-state index is -0.317. The molecular weight excluding hydrogens is 282 g/mol. The molecule has 2 amide bonds. The first-order valence-electron chi connectivity index (χ1n) is 6.23. The Hall–Kier alpha value is -2.71. The molecule has 2 aromatic carbocycles. The number of rotatable bonds is 4. The van der Waals surface area contributed by atoms with E-state index in [1.807, 2.05) is 41.8 Å². The molecule has 2 aromatic rings. The average Bonchev–Trinajstić information content (AvgIpc) is 2.51. The van der Waals surface area contributed by atoms with Gasteiger partial charge in [-0.1, -0.05) is 30.3 Å². The fourth-order valence-corrected chi connectivity index (χ4v) is 1.98. The molecule has 0 radical (unpaired) electrons. The summed E-state index contributed by atoms with van der Waals surface area (Å²) in [5.74, 6) is 0. The quantitative estimate of drug-likeness (QED) is 0.660. The first-order valence-corrected chi connectivity index (χ1v) is 7.05. The molecule has 0 saturated heterocycles. The lowest BCUT2D eigenvalue weighted by Crippen LogP contribution is -2.23. The maximum absolute atomic E-state index is 11.7. The molecule has 0 aliphatic heterocycles. The molecule has 104 valence electrons. The van der Waals surface area contributed by atoms with Gasteiger partial charge in [-0.2, -0.15) is 5.26 Å². The van der Waals surface area contributed by atoms with Gasteiger partial charge >= 0.3 is 6.03 Å². The molecular formula is C16H13N3OS. The number of nitrogens with zero attached hydrogens (tertiary/aromatic N) is 1. The van der Waals surface area contributed by atoms with Crippen molar-refractivity contribution in [3.05, 3.63) is 66.4 Å². The van der Waals surface area contributed by atoms with Crippen molar-refractivity contribution >= 4 is 29.6 Å². The van der Waals surface area contributed by atoms with E-state index >= 15 is 0 Å². The second-order valence-corrected chi connectivity index (χ2v) is 4.92. The number of nitrogens with one attached hydrogen (secondary N) is 2. The van der Waals surface area contributed by atoms with Gasteiger partial charge in [0, 0.05) is 16.8 Å². The number of nitriles is 1. The van der Waals surface area contributed by atoms with Gasteiger partial charge in [-0.3, -0.25) is 0 Å². The van der Waals surface area contributed by atoms with Gasteiger partial charge in [0.05, 0.1) is 0 Å². The van der Waals surface area contributed by atoms with E-state index < -0.39 is 0 Å². The molecule has 2 N–H and O–H groups in total. The van der Waals surface area contributed by atoms with Crippen LogP contribution in [0.15, 0.2) is 65.7 Å². The van der Waals surface area contributed by atoms with Gasteiger partial charge in [-0.25, -0.2) is 4.79 Å². The standard InChI is InChI=1S/C16H13N3OS/c17-12-21-15-8-6-14(7-9-15)19-16(20)18-11-10-13-4-2-1-3-5-13/h1-11H,(H2,18,19,20)/b11-10+. The third-order valence-corrected chi connectivity index (χ3v) is 3.16. The van der Waals surface area contributed by atoms with E-state index in [2.05, 4.69) is 10.6 Å². The Labute approximate surface area is 127 Å². The predicted octanol–water partition coefficient (Wildman–Crippen LogP) is 4.05. The van der Waals surface area contributed by atoms with Crippen LogP contribution in [0.25, 0.3) is 6.08 Å². The van der Waals surface area contributed by atoms with Gasteiger partial charge in [-0.05, 0) is 47.7 Å². The number of hydrogen-bond donors (Lipinski definition) is 2. The monoisotopic (exact) mass is 295 g/mol. The summed E-state index contributed by atoms with van der Waals surface area (Å²) in [7, 11) is 0. The molecule has 0 atom stereocenters. The van der Waals surface area contributed by atoms with Crippen molar-refractivity contribution in [3.8, 4) is 5.40 Å². The SMILES string of the molecule is N#CSc1ccc(NC(=O)N/C=C/c2ccccc2)cc1. The summed E-state index contributed by atoms with van der Waals surface area (Å²) < 4.78 is 0. The van der Waals surface area contributed by atoms with Crippen molar-refractivity contribution < 1.29 is 4.79 Å². The molecule has 0 fully saturated rings.